The molecule has 9 nitrogen and oxygen atoms in total. The molecule has 3 amide bonds. The first-order valence-electron chi connectivity index (χ1n) is 10.1. The number of carboxylic acids is 2. The van der Waals surface area contributed by atoms with Gasteiger partial charge in [-0.15, -0.1) is 0 Å². The summed E-state index contributed by atoms with van der Waals surface area (Å²) in [4.78, 5) is 42.3. The lowest BCUT2D eigenvalue weighted by molar-refractivity contribution is -0.137. The van der Waals surface area contributed by atoms with E-state index in [2.05, 4.69) is 22.9 Å². The van der Waals surface area contributed by atoms with Crippen LogP contribution in [-0.2, 0) is 9.59 Å². The molecule has 1 aromatic carbocycles. The maximum atomic E-state index is 11.5. The van der Waals surface area contributed by atoms with Gasteiger partial charge in [0.1, 0.15) is 6.54 Å². The van der Waals surface area contributed by atoms with Crippen molar-refractivity contribution in [3.05, 3.63) is 35.4 Å². The van der Waals surface area contributed by atoms with E-state index in [0.29, 0.717) is 6.42 Å². The molecule has 0 aromatic heterocycles. The fourth-order valence-electron chi connectivity index (χ4n) is 1.85. The highest BCUT2D eigenvalue weighted by molar-refractivity contribution is 5.94. The highest BCUT2D eigenvalue weighted by Crippen LogP contribution is 2.02. The lowest BCUT2D eigenvalue weighted by Crippen LogP contribution is -2.38. The molecule has 0 heterocycles. The topological polar surface area (TPSA) is 145 Å². The van der Waals surface area contributed by atoms with Crippen LogP contribution in [0.2, 0.25) is 0 Å². The highest BCUT2D eigenvalue weighted by Gasteiger charge is 2.03. The zero-order valence-electron chi connectivity index (χ0n) is 18.3. The summed E-state index contributed by atoms with van der Waals surface area (Å²) in [5.41, 5.74) is 1.92. The largest absolute Gasteiger partial charge is 0.481 e. The number of urea groups is 1. The molecule has 0 radical (unpaired) electrons. The Labute approximate surface area is 178 Å². The second-order valence-electron chi connectivity index (χ2n) is 5.98. The molecular weight excluding hydrogens is 390 g/mol. The minimum absolute atomic E-state index is 0.0263. The van der Waals surface area contributed by atoms with Crippen molar-refractivity contribution in [2.45, 2.75) is 53.4 Å². The molecule has 9 heteroatoms. The molecule has 0 unspecified atom stereocenters. The Kier molecular flexibility index (Phi) is 18.7. The first-order valence-corrected chi connectivity index (χ1v) is 10.1. The molecular formula is C21H35N3O6. The third-order valence-electron chi connectivity index (χ3n) is 3.38. The van der Waals surface area contributed by atoms with Crippen LogP contribution in [0.1, 0.15) is 62.4 Å². The van der Waals surface area contributed by atoms with E-state index in [9.17, 15) is 19.2 Å². The molecule has 0 bridgehead atoms. The first-order chi connectivity index (χ1) is 14.3. The standard InChI is InChI=1S/C12H17NO.C7H12N2O5.C2H6/c1-3-4-9-13-12(14)11-7-5-10(2)6-8-11;10-5(11)2-1-3-8-7(14)9-4-6(12)13;1-2/h5-8H,3-4,9H2,1-2H3,(H,13,14);1-4H2,(H,10,11)(H,12,13)(H2,8,9,14);1-2H3. The fourth-order valence-corrected chi connectivity index (χ4v) is 1.85. The second kappa shape index (κ2) is 19.2. The van der Waals surface area contributed by atoms with Gasteiger partial charge in [-0.05, 0) is 31.9 Å². The van der Waals surface area contributed by atoms with Crippen molar-refractivity contribution in [2.75, 3.05) is 19.6 Å². The number of amides is 3. The quantitative estimate of drug-likeness (QED) is 0.365. The van der Waals surface area contributed by atoms with Gasteiger partial charge >= 0.3 is 18.0 Å². The minimum atomic E-state index is -1.13. The van der Waals surface area contributed by atoms with Crippen molar-refractivity contribution in [3.63, 3.8) is 0 Å². The molecule has 30 heavy (non-hydrogen) atoms. The van der Waals surface area contributed by atoms with Gasteiger partial charge in [0.15, 0.2) is 0 Å². The monoisotopic (exact) mass is 425 g/mol. The lowest BCUT2D eigenvalue weighted by atomic mass is 10.1. The van der Waals surface area contributed by atoms with Gasteiger partial charge in [-0.3, -0.25) is 14.4 Å². The zero-order chi connectivity index (χ0) is 23.4. The molecule has 1 aromatic rings. The maximum absolute atomic E-state index is 11.5. The number of carboxylic acid groups (broad SMARTS) is 2. The average Bonchev–Trinajstić information content (AvgIpc) is 2.72. The maximum Gasteiger partial charge on any atom is 0.323 e. The van der Waals surface area contributed by atoms with Gasteiger partial charge in [-0.2, -0.15) is 0 Å². The molecule has 0 aliphatic rings. The molecule has 5 N–H and O–H groups in total. The number of carbonyl (C=O) groups is 4. The number of benzene rings is 1. The number of hydrogen-bond donors (Lipinski definition) is 5. The molecule has 0 saturated carbocycles. The summed E-state index contributed by atoms with van der Waals surface area (Å²) < 4.78 is 0. The van der Waals surface area contributed by atoms with Gasteiger partial charge in [0, 0.05) is 25.1 Å². The predicted molar refractivity (Wildman–Crippen MR) is 116 cm³/mol. The van der Waals surface area contributed by atoms with Crippen molar-refractivity contribution in [1.29, 1.82) is 0 Å². The molecule has 1 rings (SSSR count). The van der Waals surface area contributed by atoms with Gasteiger partial charge in [-0.1, -0.05) is 44.9 Å². The first kappa shape index (κ1) is 29.1. The number of nitrogens with one attached hydrogen (secondary N) is 3. The summed E-state index contributed by atoms with van der Waals surface area (Å²) >= 11 is 0. The van der Waals surface area contributed by atoms with E-state index >= 15 is 0 Å². The number of aryl methyl sites for hydroxylation is 1. The number of rotatable bonds is 10. The van der Waals surface area contributed by atoms with Crippen molar-refractivity contribution in [2.24, 2.45) is 0 Å². The fraction of sp³-hybridized carbons (Fsp3) is 0.524. The van der Waals surface area contributed by atoms with Crippen LogP contribution in [0.3, 0.4) is 0 Å². The summed E-state index contributed by atoms with van der Waals surface area (Å²) in [7, 11) is 0. The number of carbonyl (C=O) groups excluding carboxylic acids is 2. The lowest BCUT2D eigenvalue weighted by Gasteiger charge is -2.04. The van der Waals surface area contributed by atoms with E-state index in [0.717, 1.165) is 24.9 Å². The van der Waals surface area contributed by atoms with Gasteiger partial charge in [0.05, 0.1) is 0 Å². The van der Waals surface area contributed by atoms with E-state index in [4.69, 9.17) is 10.2 Å². The normalized spacial score (nSPS) is 9.07. The summed E-state index contributed by atoms with van der Waals surface area (Å²) in [6.45, 7) is 8.64. The van der Waals surface area contributed by atoms with Crippen LogP contribution in [0.25, 0.3) is 0 Å². The Morgan fingerprint density at radius 1 is 0.833 bits per heavy atom. The van der Waals surface area contributed by atoms with Crippen molar-refractivity contribution >= 4 is 23.9 Å². The van der Waals surface area contributed by atoms with E-state index in [1.165, 1.54) is 5.56 Å². The van der Waals surface area contributed by atoms with Crippen LogP contribution in [0, 0.1) is 6.92 Å². The van der Waals surface area contributed by atoms with Crippen LogP contribution >= 0.6 is 0 Å². The third kappa shape index (κ3) is 18.3. The van der Waals surface area contributed by atoms with Gasteiger partial charge < -0.3 is 26.2 Å². The van der Waals surface area contributed by atoms with Gasteiger partial charge in [0.25, 0.3) is 5.91 Å². The van der Waals surface area contributed by atoms with Crippen molar-refractivity contribution in [1.82, 2.24) is 16.0 Å². The molecule has 0 atom stereocenters. The molecule has 0 aliphatic heterocycles. The van der Waals surface area contributed by atoms with Crippen molar-refractivity contribution in [3.8, 4) is 0 Å². The average molecular weight is 426 g/mol. The van der Waals surface area contributed by atoms with Crippen LogP contribution in [-0.4, -0.2) is 53.7 Å². The molecule has 170 valence electrons. The van der Waals surface area contributed by atoms with E-state index in [1.54, 1.807) is 0 Å². The molecule has 0 fully saturated rings. The Morgan fingerprint density at radius 2 is 1.40 bits per heavy atom. The van der Waals surface area contributed by atoms with Crippen LogP contribution in [0.15, 0.2) is 24.3 Å². The predicted octanol–water partition coefficient (Wildman–Crippen LogP) is 2.79. The number of unbranched alkanes of at least 4 members (excludes halogenated alkanes) is 1. The van der Waals surface area contributed by atoms with E-state index < -0.39 is 24.5 Å². The number of aliphatic carboxylic acids is 2. The SMILES string of the molecule is CC.CCCCNC(=O)c1ccc(C)cc1.O=C(O)CCCNC(=O)NCC(=O)O. The molecule has 0 saturated heterocycles. The summed E-state index contributed by atoms with van der Waals surface area (Å²) in [6.07, 6.45) is 2.43. The molecule has 0 aliphatic carbocycles. The summed E-state index contributed by atoms with van der Waals surface area (Å²) in [5.74, 6) is -2.04. The molecule has 0 spiro atoms. The Morgan fingerprint density at radius 3 is 1.90 bits per heavy atom. The van der Waals surface area contributed by atoms with E-state index in [1.807, 2.05) is 45.0 Å². The van der Waals surface area contributed by atoms with Gasteiger partial charge in [-0.25, -0.2) is 4.79 Å². The summed E-state index contributed by atoms with van der Waals surface area (Å²) in [6, 6.07) is 7.01. The van der Waals surface area contributed by atoms with Crippen LogP contribution in [0.5, 0.6) is 0 Å². The third-order valence-corrected chi connectivity index (χ3v) is 3.38. The van der Waals surface area contributed by atoms with Crippen molar-refractivity contribution < 1.29 is 29.4 Å². The van der Waals surface area contributed by atoms with Gasteiger partial charge in [0.2, 0.25) is 0 Å². The van der Waals surface area contributed by atoms with Crippen LogP contribution in [0.4, 0.5) is 4.79 Å². The Bertz CT molecular complexity index is 632. The number of hydrogen-bond acceptors (Lipinski definition) is 4. The highest BCUT2D eigenvalue weighted by atomic mass is 16.4. The van der Waals surface area contributed by atoms with Crippen LogP contribution < -0.4 is 16.0 Å². The Hall–Kier alpha value is -3.10. The summed E-state index contributed by atoms with van der Waals surface area (Å²) in [5, 5.41) is 23.7. The van der Waals surface area contributed by atoms with E-state index in [-0.39, 0.29) is 18.9 Å². The minimum Gasteiger partial charge on any atom is -0.481 e. The second-order valence-corrected chi connectivity index (χ2v) is 5.98. The Balaban J connectivity index is 0. The smallest absolute Gasteiger partial charge is 0.323 e. The zero-order valence-corrected chi connectivity index (χ0v) is 18.3.